The van der Waals surface area contributed by atoms with Crippen molar-refractivity contribution in [2.24, 2.45) is 5.10 Å². The molecule has 0 spiro atoms. The summed E-state index contributed by atoms with van der Waals surface area (Å²) in [6, 6.07) is 10.1. The Balaban J connectivity index is 1.94. The van der Waals surface area contributed by atoms with Crippen LogP contribution in [0.4, 0.5) is 10.1 Å². The molecule has 2 aromatic carbocycles. The Morgan fingerprint density at radius 1 is 1.12 bits per heavy atom. The first kappa shape index (κ1) is 18.9. The first-order valence-corrected chi connectivity index (χ1v) is 7.74. The highest BCUT2D eigenvalue weighted by Crippen LogP contribution is 2.27. The highest BCUT2D eigenvalue weighted by atomic mass is 19.1. The zero-order chi connectivity index (χ0) is 18.9. The number of benzene rings is 2. The van der Waals surface area contributed by atoms with Crippen LogP contribution in [-0.4, -0.2) is 31.7 Å². The fraction of sp³-hybridized carbons (Fsp3) is 0.167. The zero-order valence-electron chi connectivity index (χ0n) is 14.3. The number of ether oxygens (including phenoxy) is 2. The molecule has 8 heteroatoms. The van der Waals surface area contributed by atoms with E-state index in [0.717, 1.165) is 0 Å². The molecule has 0 unspecified atom stereocenters. The van der Waals surface area contributed by atoms with Gasteiger partial charge in [0.25, 0.3) is 0 Å². The van der Waals surface area contributed by atoms with E-state index >= 15 is 0 Å². The number of amides is 2. The number of halogens is 1. The maximum Gasteiger partial charge on any atom is 0.329 e. The van der Waals surface area contributed by atoms with Gasteiger partial charge in [-0.3, -0.25) is 9.59 Å². The number of carbonyl (C=O) groups excluding carboxylic acids is 2. The predicted octanol–water partition coefficient (Wildman–Crippen LogP) is 2.32. The average molecular weight is 359 g/mol. The van der Waals surface area contributed by atoms with Gasteiger partial charge in [-0.25, -0.2) is 9.82 Å². The molecule has 0 saturated carbocycles. The van der Waals surface area contributed by atoms with Gasteiger partial charge in [-0.15, -0.1) is 0 Å². The largest absolute Gasteiger partial charge is 0.493 e. The van der Waals surface area contributed by atoms with Crippen molar-refractivity contribution in [3.8, 4) is 11.5 Å². The maximum absolute atomic E-state index is 12.8. The van der Waals surface area contributed by atoms with E-state index in [2.05, 4.69) is 15.8 Å². The highest BCUT2D eigenvalue weighted by molar-refractivity contribution is 6.39. The van der Waals surface area contributed by atoms with Crippen LogP contribution in [0.15, 0.2) is 47.6 Å². The fourth-order valence-corrected chi connectivity index (χ4v) is 1.98. The van der Waals surface area contributed by atoms with Crippen molar-refractivity contribution in [2.45, 2.75) is 6.92 Å². The van der Waals surface area contributed by atoms with Crippen molar-refractivity contribution >= 4 is 23.7 Å². The van der Waals surface area contributed by atoms with Gasteiger partial charge in [-0.1, -0.05) is 0 Å². The van der Waals surface area contributed by atoms with Crippen molar-refractivity contribution in [3.63, 3.8) is 0 Å². The molecule has 0 aromatic heterocycles. The number of carbonyl (C=O) groups is 2. The molecule has 26 heavy (non-hydrogen) atoms. The second-order valence-electron chi connectivity index (χ2n) is 5.00. The molecule has 0 saturated heterocycles. The summed E-state index contributed by atoms with van der Waals surface area (Å²) in [4.78, 5) is 23.5. The summed E-state index contributed by atoms with van der Waals surface area (Å²) in [6.45, 7) is 2.32. The Kier molecular flexibility index (Phi) is 6.67. The summed E-state index contributed by atoms with van der Waals surface area (Å²) in [5.74, 6) is -1.20. The Morgan fingerprint density at radius 2 is 1.85 bits per heavy atom. The smallest absolute Gasteiger partial charge is 0.329 e. The van der Waals surface area contributed by atoms with Gasteiger partial charge in [0.1, 0.15) is 5.82 Å². The molecule has 2 N–H and O–H groups in total. The molecule has 136 valence electrons. The van der Waals surface area contributed by atoms with Crippen molar-refractivity contribution in [2.75, 3.05) is 19.0 Å². The molecule has 2 amide bonds. The van der Waals surface area contributed by atoms with Gasteiger partial charge in [0, 0.05) is 5.69 Å². The standard InChI is InChI=1S/C18H18FN3O4/c1-3-26-16-10-12(4-9-15(16)25-2)11-20-22-18(24)17(23)21-14-7-5-13(19)6-8-14/h4-11H,3H2,1-2H3,(H,21,23)(H,22,24)/b20-11-. The van der Waals surface area contributed by atoms with Crippen molar-refractivity contribution in [1.82, 2.24) is 5.43 Å². The van der Waals surface area contributed by atoms with Crippen molar-refractivity contribution < 1.29 is 23.5 Å². The molecule has 0 radical (unpaired) electrons. The predicted molar refractivity (Wildman–Crippen MR) is 94.9 cm³/mol. The number of nitrogens with zero attached hydrogens (tertiary/aromatic N) is 1. The minimum atomic E-state index is -0.955. The molecule has 0 atom stereocenters. The van der Waals surface area contributed by atoms with Crippen LogP contribution in [0.2, 0.25) is 0 Å². The van der Waals surface area contributed by atoms with Gasteiger partial charge >= 0.3 is 11.8 Å². The lowest BCUT2D eigenvalue weighted by Gasteiger charge is -2.09. The van der Waals surface area contributed by atoms with E-state index < -0.39 is 17.6 Å². The SMILES string of the molecule is CCOc1cc(/C=N\NC(=O)C(=O)Nc2ccc(F)cc2)ccc1OC. The molecule has 0 aliphatic carbocycles. The average Bonchev–Trinajstić information content (AvgIpc) is 2.64. The maximum atomic E-state index is 12.8. The monoisotopic (exact) mass is 359 g/mol. The summed E-state index contributed by atoms with van der Waals surface area (Å²) in [5, 5.41) is 6.06. The van der Waals surface area contributed by atoms with Gasteiger partial charge in [0.05, 0.1) is 19.9 Å². The van der Waals surface area contributed by atoms with E-state index in [1.807, 2.05) is 6.92 Å². The number of methoxy groups -OCH3 is 1. The molecule has 0 aliphatic heterocycles. The van der Waals surface area contributed by atoms with Crippen molar-refractivity contribution in [1.29, 1.82) is 0 Å². The minimum absolute atomic E-state index is 0.298. The van der Waals surface area contributed by atoms with Crippen LogP contribution < -0.4 is 20.2 Å². The third kappa shape index (κ3) is 5.30. The lowest BCUT2D eigenvalue weighted by Crippen LogP contribution is -2.32. The fourth-order valence-electron chi connectivity index (χ4n) is 1.98. The minimum Gasteiger partial charge on any atom is -0.493 e. The summed E-state index contributed by atoms with van der Waals surface area (Å²) >= 11 is 0. The second-order valence-corrected chi connectivity index (χ2v) is 5.00. The van der Waals surface area contributed by atoms with E-state index in [9.17, 15) is 14.0 Å². The topological polar surface area (TPSA) is 89.0 Å². The third-order valence-electron chi connectivity index (χ3n) is 3.18. The van der Waals surface area contributed by atoms with Crippen molar-refractivity contribution in [3.05, 3.63) is 53.8 Å². The van der Waals surface area contributed by atoms with E-state index in [1.165, 1.54) is 37.6 Å². The summed E-state index contributed by atoms with van der Waals surface area (Å²) in [6.07, 6.45) is 1.37. The normalized spacial score (nSPS) is 10.4. The number of hydrogen-bond donors (Lipinski definition) is 2. The van der Waals surface area contributed by atoms with E-state index in [-0.39, 0.29) is 0 Å². The molecule has 0 aliphatic rings. The van der Waals surface area contributed by atoms with Gasteiger partial charge in [0.15, 0.2) is 11.5 Å². The number of hydrogen-bond acceptors (Lipinski definition) is 5. The zero-order valence-corrected chi connectivity index (χ0v) is 14.3. The highest BCUT2D eigenvalue weighted by Gasteiger charge is 2.12. The molecular weight excluding hydrogens is 341 g/mol. The van der Waals surface area contributed by atoms with Gasteiger partial charge < -0.3 is 14.8 Å². The summed E-state index contributed by atoms with van der Waals surface area (Å²) in [5.41, 5.74) is 3.06. The van der Waals surface area contributed by atoms with E-state index in [0.29, 0.717) is 29.4 Å². The first-order chi connectivity index (χ1) is 12.5. The molecule has 2 rings (SSSR count). The molecule has 0 fully saturated rings. The molecule has 2 aromatic rings. The van der Waals surface area contributed by atoms with Crippen LogP contribution in [0.25, 0.3) is 0 Å². The van der Waals surface area contributed by atoms with Crippen LogP contribution in [0, 0.1) is 5.82 Å². The van der Waals surface area contributed by atoms with Gasteiger partial charge in [-0.2, -0.15) is 5.10 Å². The van der Waals surface area contributed by atoms with Crippen LogP contribution in [-0.2, 0) is 9.59 Å². The van der Waals surface area contributed by atoms with Gasteiger partial charge in [0.2, 0.25) is 0 Å². The summed E-state index contributed by atoms with van der Waals surface area (Å²) < 4.78 is 23.4. The molecular formula is C18H18FN3O4. The van der Waals surface area contributed by atoms with Crippen LogP contribution in [0.5, 0.6) is 11.5 Å². The Morgan fingerprint density at radius 3 is 2.50 bits per heavy atom. The number of hydrazone groups is 1. The van der Waals surface area contributed by atoms with Crippen LogP contribution in [0.1, 0.15) is 12.5 Å². The second kappa shape index (κ2) is 9.16. The summed E-state index contributed by atoms with van der Waals surface area (Å²) in [7, 11) is 1.53. The third-order valence-corrected chi connectivity index (χ3v) is 3.18. The number of nitrogens with one attached hydrogen (secondary N) is 2. The number of rotatable bonds is 6. The van der Waals surface area contributed by atoms with Crippen LogP contribution in [0.3, 0.4) is 0 Å². The number of anilines is 1. The molecule has 7 nitrogen and oxygen atoms in total. The molecule has 0 bridgehead atoms. The first-order valence-electron chi connectivity index (χ1n) is 7.74. The van der Waals surface area contributed by atoms with E-state index in [1.54, 1.807) is 18.2 Å². The lowest BCUT2D eigenvalue weighted by molar-refractivity contribution is -0.136. The Bertz CT molecular complexity index is 807. The quantitative estimate of drug-likeness (QED) is 0.471. The Hall–Kier alpha value is -3.42. The lowest BCUT2D eigenvalue weighted by atomic mass is 10.2. The molecule has 0 heterocycles. The Labute approximate surface area is 149 Å². The van der Waals surface area contributed by atoms with Crippen LogP contribution >= 0.6 is 0 Å². The van der Waals surface area contributed by atoms with Gasteiger partial charge in [-0.05, 0) is 55.0 Å². The van der Waals surface area contributed by atoms with E-state index in [4.69, 9.17) is 9.47 Å².